The summed E-state index contributed by atoms with van der Waals surface area (Å²) in [7, 11) is -3.08. The monoisotopic (exact) mass is 360 g/mol. The Labute approximate surface area is 144 Å². The molecule has 0 N–H and O–H groups in total. The Bertz CT molecular complexity index is 509. The molecule has 0 radical (unpaired) electrons. The molecule has 2 nitrogen and oxygen atoms in total. The standard InChI is InChI=1S/C17H29ClO2SSi/c1-16(2,3)22(6,7)20-13-17(4,5)15(18)21(19)14-11-9-8-10-12-14/h8-12,15H,13H2,1-7H3. The predicted octanol–water partition coefficient (Wildman–Crippen LogP) is 5.41. The van der Waals surface area contributed by atoms with Crippen molar-refractivity contribution in [2.45, 2.75) is 62.4 Å². The number of alkyl halides is 1. The highest BCUT2D eigenvalue weighted by Crippen LogP contribution is 2.39. The maximum atomic E-state index is 12.6. The number of hydrogen-bond acceptors (Lipinski definition) is 2. The molecule has 1 aromatic rings. The lowest BCUT2D eigenvalue weighted by atomic mass is 9.98. The van der Waals surface area contributed by atoms with Gasteiger partial charge in [0.1, 0.15) is 4.71 Å². The lowest BCUT2D eigenvalue weighted by Gasteiger charge is -2.40. The summed E-state index contributed by atoms with van der Waals surface area (Å²) in [4.78, 5) is 0.767. The Morgan fingerprint density at radius 3 is 2.09 bits per heavy atom. The van der Waals surface area contributed by atoms with E-state index in [9.17, 15) is 4.21 Å². The van der Waals surface area contributed by atoms with Crippen molar-refractivity contribution in [2.24, 2.45) is 5.41 Å². The first-order valence-corrected chi connectivity index (χ1v) is 12.2. The molecule has 1 aromatic carbocycles. The summed E-state index contributed by atoms with van der Waals surface area (Å²) in [5, 5.41) is 0.156. The lowest BCUT2D eigenvalue weighted by Crippen LogP contribution is -2.45. The van der Waals surface area contributed by atoms with E-state index in [0.29, 0.717) is 6.61 Å². The molecular weight excluding hydrogens is 332 g/mol. The van der Waals surface area contributed by atoms with Crippen molar-refractivity contribution >= 4 is 30.7 Å². The molecule has 2 unspecified atom stereocenters. The molecule has 0 aromatic heterocycles. The van der Waals surface area contributed by atoms with Gasteiger partial charge < -0.3 is 4.43 Å². The third kappa shape index (κ3) is 4.92. The highest BCUT2D eigenvalue weighted by Gasteiger charge is 2.41. The molecule has 0 fully saturated rings. The van der Waals surface area contributed by atoms with Crippen LogP contribution in [0.5, 0.6) is 0 Å². The molecule has 0 amide bonds. The predicted molar refractivity (Wildman–Crippen MR) is 99.4 cm³/mol. The average Bonchev–Trinajstić information content (AvgIpc) is 2.43. The van der Waals surface area contributed by atoms with Crippen LogP contribution in [0, 0.1) is 5.41 Å². The van der Waals surface area contributed by atoms with Gasteiger partial charge in [-0.15, -0.1) is 11.6 Å². The first-order chi connectivity index (χ1) is 9.88. The molecule has 0 saturated carbocycles. The van der Waals surface area contributed by atoms with E-state index in [4.69, 9.17) is 16.0 Å². The fourth-order valence-corrected chi connectivity index (χ4v) is 4.46. The van der Waals surface area contributed by atoms with E-state index in [-0.39, 0.29) is 10.5 Å². The Morgan fingerprint density at radius 1 is 1.14 bits per heavy atom. The van der Waals surface area contributed by atoms with Crippen LogP contribution >= 0.6 is 11.6 Å². The quantitative estimate of drug-likeness (QED) is 0.501. The zero-order valence-corrected chi connectivity index (χ0v) is 17.3. The van der Waals surface area contributed by atoms with Crippen molar-refractivity contribution in [3.05, 3.63) is 30.3 Å². The van der Waals surface area contributed by atoms with Gasteiger partial charge in [-0.3, -0.25) is 4.21 Å². The molecule has 2 atom stereocenters. The van der Waals surface area contributed by atoms with Crippen LogP contribution in [0.15, 0.2) is 35.2 Å². The minimum Gasteiger partial charge on any atom is -0.416 e. The molecule has 0 aliphatic heterocycles. The maximum absolute atomic E-state index is 12.6. The van der Waals surface area contributed by atoms with Crippen molar-refractivity contribution in [3.63, 3.8) is 0 Å². The molecule has 1 rings (SSSR count). The second-order valence-electron chi connectivity index (χ2n) is 7.96. The van der Waals surface area contributed by atoms with Gasteiger partial charge in [-0.2, -0.15) is 0 Å². The minimum atomic E-state index is -1.83. The largest absolute Gasteiger partial charge is 0.416 e. The van der Waals surface area contributed by atoms with Gasteiger partial charge in [-0.25, -0.2) is 0 Å². The zero-order chi connectivity index (χ0) is 17.2. The minimum absolute atomic E-state index is 0.156. The average molecular weight is 361 g/mol. The van der Waals surface area contributed by atoms with E-state index < -0.39 is 23.8 Å². The van der Waals surface area contributed by atoms with Gasteiger partial charge in [0.05, 0.1) is 10.8 Å². The highest BCUT2D eigenvalue weighted by atomic mass is 35.5. The van der Waals surface area contributed by atoms with Gasteiger partial charge in [0.2, 0.25) is 0 Å². The number of benzene rings is 1. The topological polar surface area (TPSA) is 26.3 Å². The van der Waals surface area contributed by atoms with Crippen molar-refractivity contribution in [1.29, 1.82) is 0 Å². The number of hydrogen-bond donors (Lipinski definition) is 0. The number of halogens is 1. The van der Waals surface area contributed by atoms with Crippen LogP contribution in [0.3, 0.4) is 0 Å². The molecule has 0 heterocycles. The van der Waals surface area contributed by atoms with Crippen LogP contribution in [0.1, 0.15) is 34.6 Å². The Hall–Kier alpha value is -0.163. The van der Waals surface area contributed by atoms with Crippen molar-refractivity contribution < 1.29 is 8.63 Å². The normalized spacial score (nSPS) is 16.4. The van der Waals surface area contributed by atoms with Gasteiger partial charge >= 0.3 is 0 Å². The van der Waals surface area contributed by atoms with E-state index in [2.05, 4.69) is 33.9 Å². The summed E-state index contributed by atoms with van der Waals surface area (Å²) in [6.07, 6.45) is 0. The van der Waals surface area contributed by atoms with Crippen LogP contribution in [-0.2, 0) is 15.2 Å². The zero-order valence-electron chi connectivity index (χ0n) is 14.8. The SMILES string of the molecule is CC(C)(CO[Si](C)(C)C(C)(C)C)C(Cl)S(=O)c1ccccc1. The van der Waals surface area contributed by atoms with Gasteiger partial charge in [0.25, 0.3) is 0 Å². The summed E-state index contributed by atoms with van der Waals surface area (Å²) < 4.78 is 18.4. The first-order valence-electron chi connectivity index (χ1n) is 7.62. The summed E-state index contributed by atoms with van der Waals surface area (Å²) in [6, 6.07) is 9.40. The van der Waals surface area contributed by atoms with Gasteiger partial charge in [0.15, 0.2) is 8.32 Å². The maximum Gasteiger partial charge on any atom is 0.192 e. The van der Waals surface area contributed by atoms with Gasteiger partial charge in [-0.05, 0) is 30.3 Å². The van der Waals surface area contributed by atoms with Crippen molar-refractivity contribution in [2.75, 3.05) is 6.61 Å². The van der Waals surface area contributed by atoms with Gasteiger partial charge in [-0.1, -0.05) is 52.8 Å². The van der Waals surface area contributed by atoms with Crippen LogP contribution in [0.2, 0.25) is 18.1 Å². The number of rotatable bonds is 6. The second kappa shape index (κ2) is 7.16. The Morgan fingerprint density at radius 2 is 1.64 bits per heavy atom. The van der Waals surface area contributed by atoms with E-state index in [1.807, 2.05) is 44.2 Å². The molecule has 22 heavy (non-hydrogen) atoms. The fourth-order valence-electron chi connectivity index (χ4n) is 1.61. The van der Waals surface area contributed by atoms with Crippen LogP contribution < -0.4 is 0 Å². The molecule has 0 bridgehead atoms. The molecular formula is C17H29ClO2SSi. The Balaban J connectivity index is 2.80. The highest BCUT2D eigenvalue weighted by molar-refractivity contribution is 7.87. The molecule has 0 saturated heterocycles. The molecule has 0 spiro atoms. The van der Waals surface area contributed by atoms with Crippen LogP contribution in [-0.4, -0.2) is 23.8 Å². The van der Waals surface area contributed by atoms with Crippen LogP contribution in [0.4, 0.5) is 0 Å². The summed E-state index contributed by atoms with van der Waals surface area (Å²) in [5.74, 6) is 0. The lowest BCUT2D eigenvalue weighted by molar-refractivity contribution is 0.176. The third-order valence-corrected chi connectivity index (χ3v) is 11.7. The van der Waals surface area contributed by atoms with Gasteiger partial charge in [0, 0.05) is 16.9 Å². The molecule has 5 heteroatoms. The smallest absolute Gasteiger partial charge is 0.192 e. The summed E-state index contributed by atoms with van der Waals surface area (Å²) in [5.41, 5.74) is -0.363. The molecule has 0 aliphatic rings. The third-order valence-electron chi connectivity index (χ3n) is 4.39. The fraction of sp³-hybridized carbons (Fsp3) is 0.647. The second-order valence-corrected chi connectivity index (χ2v) is 15.0. The van der Waals surface area contributed by atoms with E-state index >= 15 is 0 Å². The van der Waals surface area contributed by atoms with E-state index in [1.54, 1.807) is 0 Å². The van der Waals surface area contributed by atoms with E-state index in [1.165, 1.54) is 0 Å². The Kier molecular flexibility index (Phi) is 6.47. The van der Waals surface area contributed by atoms with Crippen molar-refractivity contribution in [3.8, 4) is 0 Å². The molecule has 126 valence electrons. The van der Waals surface area contributed by atoms with E-state index in [0.717, 1.165) is 4.90 Å². The van der Waals surface area contributed by atoms with Crippen LogP contribution in [0.25, 0.3) is 0 Å². The first kappa shape index (κ1) is 19.9. The molecule has 0 aliphatic carbocycles. The summed E-state index contributed by atoms with van der Waals surface area (Å²) >= 11 is 6.54. The summed E-state index contributed by atoms with van der Waals surface area (Å²) in [6.45, 7) is 15.7. The van der Waals surface area contributed by atoms with Crippen molar-refractivity contribution in [1.82, 2.24) is 0 Å².